The number of aryl methyl sites for hydroxylation is 1. The molecule has 1 aliphatic heterocycles. The van der Waals surface area contributed by atoms with Crippen LogP contribution in [-0.4, -0.2) is 59.5 Å². The quantitative estimate of drug-likeness (QED) is 0.768. The molecule has 0 aliphatic carbocycles. The summed E-state index contributed by atoms with van der Waals surface area (Å²) in [6, 6.07) is 0. The van der Waals surface area contributed by atoms with Crippen molar-refractivity contribution in [2.24, 2.45) is 7.05 Å². The van der Waals surface area contributed by atoms with Crippen LogP contribution in [0.2, 0.25) is 0 Å². The van der Waals surface area contributed by atoms with Crippen LogP contribution in [0.3, 0.4) is 0 Å². The van der Waals surface area contributed by atoms with Crippen molar-refractivity contribution in [2.45, 2.75) is 18.7 Å². The normalized spacial score (nSPS) is 17.4. The molecule has 0 bridgehead atoms. The number of sulfonamides is 1. The van der Waals surface area contributed by atoms with E-state index in [2.05, 4.69) is 5.10 Å². The number of nitrogen functional groups attached to an aromatic ring is 1. The largest absolute Gasteiger partial charge is 0.381 e. The van der Waals surface area contributed by atoms with E-state index in [1.807, 2.05) is 0 Å². The van der Waals surface area contributed by atoms with Crippen molar-refractivity contribution in [3.8, 4) is 0 Å². The number of nitrogens with zero attached hydrogens (tertiary/aromatic N) is 4. The second kappa shape index (κ2) is 5.06. The molecule has 1 aromatic heterocycles. The van der Waals surface area contributed by atoms with Crippen LogP contribution >= 0.6 is 0 Å². The lowest BCUT2D eigenvalue weighted by molar-refractivity contribution is -0.129. The molecular formula is C11H19N5O3S. The molecule has 1 aliphatic rings. The van der Waals surface area contributed by atoms with Crippen molar-refractivity contribution >= 4 is 21.7 Å². The highest BCUT2D eigenvalue weighted by Crippen LogP contribution is 2.25. The summed E-state index contributed by atoms with van der Waals surface area (Å²) in [5, 5.41) is 3.94. The summed E-state index contributed by atoms with van der Waals surface area (Å²) in [7, 11) is -2.01. The van der Waals surface area contributed by atoms with E-state index in [0.717, 1.165) is 0 Å². The fraction of sp³-hybridized carbons (Fsp3) is 0.636. The number of amides is 1. The van der Waals surface area contributed by atoms with Crippen molar-refractivity contribution in [3.05, 3.63) is 5.69 Å². The molecule has 0 atom stereocenters. The molecule has 0 aromatic carbocycles. The highest BCUT2D eigenvalue weighted by Gasteiger charge is 2.33. The molecule has 0 spiro atoms. The van der Waals surface area contributed by atoms with Crippen LogP contribution in [0.25, 0.3) is 0 Å². The van der Waals surface area contributed by atoms with E-state index in [4.69, 9.17) is 5.73 Å². The predicted molar refractivity (Wildman–Crippen MR) is 73.4 cm³/mol. The molecule has 20 heavy (non-hydrogen) atoms. The van der Waals surface area contributed by atoms with Gasteiger partial charge in [-0.1, -0.05) is 0 Å². The summed E-state index contributed by atoms with van der Waals surface area (Å²) < 4.78 is 28.0. The minimum atomic E-state index is -3.66. The highest BCUT2D eigenvalue weighted by molar-refractivity contribution is 7.89. The maximum Gasteiger partial charge on any atom is 0.248 e. The SMILES string of the molecule is CC(=O)N1CCN(S(=O)(=O)c2c(N)nn(C)c2C)CC1. The van der Waals surface area contributed by atoms with Crippen molar-refractivity contribution in [2.75, 3.05) is 31.9 Å². The van der Waals surface area contributed by atoms with Crippen LogP contribution in [0.1, 0.15) is 12.6 Å². The number of anilines is 1. The monoisotopic (exact) mass is 301 g/mol. The molecule has 0 radical (unpaired) electrons. The first-order valence-corrected chi connectivity index (χ1v) is 7.74. The fourth-order valence-electron chi connectivity index (χ4n) is 2.31. The molecule has 1 aromatic rings. The summed E-state index contributed by atoms with van der Waals surface area (Å²) in [6.45, 7) is 4.49. The van der Waals surface area contributed by atoms with Crippen LogP contribution in [0.4, 0.5) is 5.82 Å². The van der Waals surface area contributed by atoms with Crippen molar-refractivity contribution in [1.29, 1.82) is 0 Å². The first-order valence-electron chi connectivity index (χ1n) is 6.30. The molecule has 0 unspecified atom stereocenters. The molecular weight excluding hydrogens is 282 g/mol. The Morgan fingerprint density at radius 2 is 1.80 bits per heavy atom. The Bertz CT molecular complexity index is 629. The minimum absolute atomic E-state index is 0.0130. The van der Waals surface area contributed by atoms with Gasteiger partial charge in [0, 0.05) is 40.2 Å². The molecule has 0 saturated carbocycles. The van der Waals surface area contributed by atoms with Crippen LogP contribution in [0, 0.1) is 6.92 Å². The highest BCUT2D eigenvalue weighted by atomic mass is 32.2. The van der Waals surface area contributed by atoms with Crippen LogP contribution in [0.15, 0.2) is 4.90 Å². The average Bonchev–Trinajstić information content (AvgIpc) is 2.63. The van der Waals surface area contributed by atoms with Crippen LogP contribution < -0.4 is 5.73 Å². The number of carbonyl (C=O) groups is 1. The Balaban J connectivity index is 2.26. The zero-order valence-corrected chi connectivity index (χ0v) is 12.6. The summed E-state index contributed by atoms with van der Waals surface area (Å²) in [4.78, 5) is 13.0. The molecule has 1 amide bonds. The smallest absolute Gasteiger partial charge is 0.248 e. The van der Waals surface area contributed by atoms with E-state index in [0.29, 0.717) is 18.8 Å². The van der Waals surface area contributed by atoms with E-state index in [9.17, 15) is 13.2 Å². The lowest BCUT2D eigenvalue weighted by atomic mass is 10.3. The van der Waals surface area contributed by atoms with Crippen LogP contribution in [-0.2, 0) is 21.9 Å². The zero-order chi connectivity index (χ0) is 15.1. The summed E-state index contributed by atoms with van der Waals surface area (Å²) in [5.74, 6) is -0.0295. The third kappa shape index (κ3) is 2.38. The fourth-order valence-corrected chi connectivity index (χ4v) is 4.02. The van der Waals surface area contributed by atoms with E-state index in [-0.39, 0.29) is 29.7 Å². The van der Waals surface area contributed by atoms with Crippen molar-refractivity contribution < 1.29 is 13.2 Å². The molecule has 2 rings (SSSR count). The molecule has 112 valence electrons. The van der Waals surface area contributed by atoms with E-state index in [1.54, 1.807) is 18.9 Å². The lowest BCUT2D eigenvalue weighted by Gasteiger charge is -2.33. The number of hydrogen-bond acceptors (Lipinski definition) is 5. The van der Waals surface area contributed by atoms with Gasteiger partial charge in [0.2, 0.25) is 15.9 Å². The molecule has 1 saturated heterocycles. The van der Waals surface area contributed by atoms with Crippen molar-refractivity contribution in [3.63, 3.8) is 0 Å². The van der Waals surface area contributed by atoms with Gasteiger partial charge in [0.15, 0.2) is 5.82 Å². The van der Waals surface area contributed by atoms with Gasteiger partial charge in [0.25, 0.3) is 0 Å². The van der Waals surface area contributed by atoms with Gasteiger partial charge in [-0.05, 0) is 6.92 Å². The van der Waals surface area contributed by atoms with Crippen LogP contribution in [0.5, 0.6) is 0 Å². The Morgan fingerprint density at radius 3 is 2.20 bits per heavy atom. The number of carbonyl (C=O) groups excluding carboxylic acids is 1. The summed E-state index contributed by atoms with van der Waals surface area (Å²) in [5.41, 5.74) is 6.22. The second-order valence-electron chi connectivity index (χ2n) is 4.83. The summed E-state index contributed by atoms with van der Waals surface area (Å²) in [6.07, 6.45) is 0. The van der Waals surface area contributed by atoms with Gasteiger partial charge < -0.3 is 10.6 Å². The molecule has 2 heterocycles. The Hall–Kier alpha value is -1.61. The third-order valence-corrected chi connectivity index (χ3v) is 5.65. The van der Waals surface area contributed by atoms with Gasteiger partial charge in [-0.25, -0.2) is 8.42 Å². The van der Waals surface area contributed by atoms with Gasteiger partial charge in [0.05, 0.1) is 5.69 Å². The number of nitrogens with two attached hydrogens (primary N) is 1. The minimum Gasteiger partial charge on any atom is -0.381 e. The van der Waals surface area contributed by atoms with E-state index in [1.165, 1.54) is 15.9 Å². The van der Waals surface area contributed by atoms with E-state index >= 15 is 0 Å². The Kier molecular flexibility index (Phi) is 3.74. The maximum absolute atomic E-state index is 12.6. The summed E-state index contributed by atoms with van der Waals surface area (Å²) >= 11 is 0. The second-order valence-corrected chi connectivity index (χ2v) is 6.71. The molecule has 1 fully saturated rings. The molecule has 8 nitrogen and oxygen atoms in total. The van der Waals surface area contributed by atoms with Crippen molar-refractivity contribution in [1.82, 2.24) is 19.0 Å². The maximum atomic E-state index is 12.6. The molecule has 2 N–H and O–H groups in total. The van der Waals surface area contributed by atoms with Gasteiger partial charge in [0.1, 0.15) is 4.90 Å². The van der Waals surface area contributed by atoms with E-state index < -0.39 is 10.0 Å². The molecule has 9 heteroatoms. The topological polar surface area (TPSA) is 102 Å². The van der Waals surface area contributed by atoms with Gasteiger partial charge in [-0.2, -0.15) is 9.40 Å². The van der Waals surface area contributed by atoms with Gasteiger partial charge in [-0.15, -0.1) is 0 Å². The number of rotatable bonds is 2. The first kappa shape index (κ1) is 14.8. The number of piperazine rings is 1. The third-order valence-electron chi connectivity index (χ3n) is 3.59. The standard InChI is InChI=1S/C11H19N5O3S/c1-8-10(11(12)13-14(8)3)20(18,19)16-6-4-15(5-7-16)9(2)17/h4-7H2,1-3H3,(H2,12,13). The van der Waals surface area contributed by atoms with Gasteiger partial charge >= 0.3 is 0 Å². The zero-order valence-electron chi connectivity index (χ0n) is 11.8. The lowest BCUT2D eigenvalue weighted by Crippen LogP contribution is -2.50. The predicted octanol–water partition coefficient (Wildman–Crippen LogP) is -0.836. The first-order chi connectivity index (χ1) is 9.25. The Labute approximate surface area is 118 Å². The number of aromatic nitrogens is 2. The number of hydrogen-bond donors (Lipinski definition) is 1. The van der Waals surface area contributed by atoms with Gasteiger partial charge in [-0.3, -0.25) is 9.48 Å². The Morgan fingerprint density at radius 1 is 1.25 bits per heavy atom. The average molecular weight is 301 g/mol.